The smallest absolute Gasteiger partial charge is 0.163 e. The van der Waals surface area contributed by atoms with E-state index < -0.39 is 0 Å². The molecule has 0 atom stereocenters. The molecule has 0 unspecified atom stereocenters. The topological polar surface area (TPSA) is 17.1 Å². The van der Waals surface area contributed by atoms with Crippen molar-refractivity contribution in [2.75, 3.05) is 0 Å². The summed E-state index contributed by atoms with van der Waals surface area (Å²) in [6.07, 6.45) is 7.72. The summed E-state index contributed by atoms with van der Waals surface area (Å²) in [5.74, 6) is 0.498. The zero-order chi connectivity index (χ0) is 13.2. The van der Waals surface area contributed by atoms with Crippen molar-refractivity contribution in [3.8, 4) is 0 Å². The highest BCUT2D eigenvalue weighted by molar-refractivity contribution is 6.23. The van der Waals surface area contributed by atoms with Crippen LogP contribution in [0.15, 0.2) is 29.8 Å². The highest BCUT2D eigenvalue weighted by atomic mass is 19.1. The zero-order valence-electron chi connectivity index (χ0n) is 11.1. The molecule has 3 rings (SSSR count). The van der Waals surface area contributed by atoms with E-state index in [1.807, 2.05) is 6.07 Å². The van der Waals surface area contributed by atoms with Crippen LogP contribution < -0.4 is 0 Å². The quantitative estimate of drug-likeness (QED) is 0.762. The van der Waals surface area contributed by atoms with E-state index in [1.54, 1.807) is 6.07 Å². The van der Waals surface area contributed by atoms with Crippen molar-refractivity contribution in [3.05, 3.63) is 41.2 Å². The Labute approximate surface area is 113 Å². The molecule has 0 heterocycles. The monoisotopic (exact) mass is 258 g/mol. The fourth-order valence-electron chi connectivity index (χ4n) is 3.53. The lowest BCUT2D eigenvalue weighted by atomic mass is 9.81. The molecule has 0 aliphatic heterocycles. The number of carbonyl (C=O) groups is 1. The standard InChI is InChI=1S/C17H19FO/c18-14-8-4-7-13(11-14)17-15(9-10-16(17)19)12-5-2-1-3-6-12/h4,7-8,11-12H,1-3,5-6,9-10H2. The third-order valence-corrected chi connectivity index (χ3v) is 4.43. The number of rotatable bonds is 2. The first-order chi connectivity index (χ1) is 9.25. The van der Waals surface area contributed by atoms with Gasteiger partial charge in [-0.15, -0.1) is 0 Å². The number of Topliss-reactive ketones (excluding diaryl/α,β-unsaturated/α-hetero) is 1. The second-order valence-electron chi connectivity index (χ2n) is 5.67. The van der Waals surface area contributed by atoms with E-state index in [9.17, 15) is 9.18 Å². The van der Waals surface area contributed by atoms with Crippen LogP contribution in [-0.4, -0.2) is 5.78 Å². The van der Waals surface area contributed by atoms with Gasteiger partial charge in [0.25, 0.3) is 0 Å². The SMILES string of the molecule is O=C1CCC(C2CCCCC2)=C1c1cccc(F)c1. The third-order valence-electron chi connectivity index (χ3n) is 4.43. The van der Waals surface area contributed by atoms with E-state index in [-0.39, 0.29) is 11.6 Å². The highest BCUT2D eigenvalue weighted by Gasteiger charge is 2.30. The number of halogens is 1. The Morgan fingerprint density at radius 2 is 1.84 bits per heavy atom. The summed E-state index contributed by atoms with van der Waals surface area (Å²) in [4.78, 5) is 12.2. The normalized spacial score (nSPS) is 21.2. The molecule has 0 bridgehead atoms. The van der Waals surface area contributed by atoms with Crippen molar-refractivity contribution < 1.29 is 9.18 Å². The molecule has 0 radical (unpaired) electrons. The van der Waals surface area contributed by atoms with Crippen LogP contribution in [0.4, 0.5) is 4.39 Å². The lowest BCUT2D eigenvalue weighted by Gasteiger charge is -2.24. The third kappa shape index (κ3) is 2.49. The molecule has 1 aromatic carbocycles. The summed E-state index contributed by atoms with van der Waals surface area (Å²) in [7, 11) is 0. The van der Waals surface area contributed by atoms with Crippen LogP contribution in [-0.2, 0) is 4.79 Å². The molecule has 19 heavy (non-hydrogen) atoms. The van der Waals surface area contributed by atoms with Gasteiger partial charge in [-0.1, -0.05) is 37.0 Å². The summed E-state index contributed by atoms with van der Waals surface area (Å²) >= 11 is 0. The van der Waals surface area contributed by atoms with Crippen molar-refractivity contribution >= 4 is 11.4 Å². The summed E-state index contributed by atoms with van der Waals surface area (Å²) in [5, 5.41) is 0. The van der Waals surface area contributed by atoms with Crippen LogP contribution in [0, 0.1) is 11.7 Å². The number of hydrogen-bond acceptors (Lipinski definition) is 1. The van der Waals surface area contributed by atoms with Gasteiger partial charge in [-0.2, -0.15) is 0 Å². The number of allylic oxidation sites excluding steroid dienone is 2. The number of ketones is 1. The van der Waals surface area contributed by atoms with E-state index >= 15 is 0 Å². The summed E-state index contributed by atoms with van der Waals surface area (Å²) in [6, 6.07) is 6.50. The van der Waals surface area contributed by atoms with Gasteiger partial charge in [-0.3, -0.25) is 4.79 Å². The maximum atomic E-state index is 13.4. The van der Waals surface area contributed by atoms with E-state index in [0.717, 1.165) is 17.6 Å². The maximum absolute atomic E-state index is 13.4. The predicted octanol–water partition coefficient (Wildman–Crippen LogP) is 4.52. The second kappa shape index (κ2) is 5.28. The number of carbonyl (C=O) groups excluding carboxylic acids is 1. The second-order valence-corrected chi connectivity index (χ2v) is 5.67. The predicted molar refractivity (Wildman–Crippen MR) is 74.1 cm³/mol. The van der Waals surface area contributed by atoms with Crippen molar-refractivity contribution in [3.63, 3.8) is 0 Å². The number of benzene rings is 1. The molecular weight excluding hydrogens is 239 g/mol. The van der Waals surface area contributed by atoms with Gasteiger partial charge in [0.15, 0.2) is 5.78 Å². The first kappa shape index (κ1) is 12.6. The molecular formula is C17H19FO. The Hall–Kier alpha value is -1.44. The lowest BCUT2D eigenvalue weighted by Crippen LogP contribution is -2.09. The van der Waals surface area contributed by atoms with Crippen LogP contribution in [0.1, 0.15) is 50.5 Å². The summed E-state index contributed by atoms with van der Waals surface area (Å²) < 4.78 is 13.4. The summed E-state index contributed by atoms with van der Waals surface area (Å²) in [6.45, 7) is 0. The van der Waals surface area contributed by atoms with Crippen molar-refractivity contribution in [2.24, 2.45) is 5.92 Å². The Morgan fingerprint density at radius 1 is 1.05 bits per heavy atom. The molecule has 2 aliphatic rings. The average molecular weight is 258 g/mol. The zero-order valence-corrected chi connectivity index (χ0v) is 11.1. The van der Waals surface area contributed by atoms with Crippen molar-refractivity contribution in [1.82, 2.24) is 0 Å². The first-order valence-electron chi connectivity index (χ1n) is 7.28. The molecule has 0 aromatic heterocycles. The first-order valence-corrected chi connectivity index (χ1v) is 7.28. The largest absolute Gasteiger partial charge is 0.294 e. The molecule has 1 aromatic rings. The van der Waals surface area contributed by atoms with Gasteiger partial charge >= 0.3 is 0 Å². The van der Waals surface area contributed by atoms with Gasteiger partial charge in [0.2, 0.25) is 0 Å². The van der Waals surface area contributed by atoms with E-state index in [0.29, 0.717) is 12.3 Å². The lowest BCUT2D eigenvalue weighted by molar-refractivity contribution is -0.113. The minimum Gasteiger partial charge on any atom is -0.294 e. The van der Waals surface area contributed by atoms with E-state index in [2.05, 4.69) is 0 Å². The van der Waals surface area contributed by atoms with Crippen LogP contribution in [0.2, 0.25) is 0 Å². The minimum absolute atomic E-state index is 0.200. The van der Waals surface area contributed by atoms with Crippen molar-refractivity contribution in [2.45, 2.75) is 44.9 Å². The molecule has 0 saturated heterocycles. The fourth-order valence-corrected chi connectivity index (χ4v) is 3.53. The molecule has 0 N–H and O–H groups in total. The summed E-state index contributed by atoms with van der Waals surface area (Å²) in [5.41, 5.74) is 2.91. The molecule has 2 aliphatic carbocycles. The van der Waals surface area contributed by atoms with Crippen molar-refractivity contribution in [1.29, 1.82) is 0 Å². The van der Waals surface area contributed by atoms with Crippen LogP contribution in [0.5, 0.6) is 0 Å². The van der Waals surface area contributed by atoms with Gasteiger partial charge in [-0.05, 0) is 42.9 Å². The van der Waals surface area contributed by atoms with Crippen LogP contribution in [0.25, 0.3) is 5.57 Å². The molecule has 1 saturated carbocycles. The molecule has 1 fully saturated rings. The maximum Gasteiger partial charge on any atom is 0.163 e. The molecule has 0 spiro atoms. The van der Waals surface area contributed by atoms with E-state index in [1.165, 1.54) is 49.8 Å². The molecule has 0 amide bonds. The van der Waals surface area contributed by atoms with Gasteiger partial charge in [-0.25, -0.2) is 4.39 Å². The molecule has 100 valence electrons. The van der Waals surface area contributed by atoms with Gasteiger partial charge < -0.3 is 0 Å². The Morgan fingerprint density at radius 3 is 2.58 bits per heavy atom. The van der Waals surface area contributed by atoms with E-state index in [4.69, 9.17) is 0 Å². The molecule has 1 nitrogen and oxygen atoms in total. The molecule has 2 heteroatoms. The van der Waals surface area contributed by atoms with Gasteiger partial charge in [0, 0.05) is 12.0 Å². The Kier molecular flexibility index (Phi) is 3.50. The van der Waals surface area contributed by atoms with Gasteiger partial charge in [0.05, 0.1) is 0 Å². The van der Waals surface area contributed by atoms with Gasteiger partial charge in [0.1, 0.15) is 5.82 Å². The van der Waals surface area contributed by atoms with Crippen LogP contribution >= 0.6 is 0 Å². The minimum atomic E-state index is -0.257. The Balaban J connectivity index is 2.00. The van der Waals surface area contributed by atoms with Crippen LogP contribution in [0.3, 0.4) is 0 Å². The number of hydrogen-bond donors (Lipinski definition) is 0. The highest BCUT2D eigenvalue weighted by Crippen LogP contribution is 2.41. The fraction of sp³-hybridized carbons (Fsp3) is 0.471. The Bertz CT molecular complexity index is 524. The average Bonchev–Trinajstić information content (AvgIpc) is 2.82.